The Labute approximate surface area is 117 Å². The lowest BCUT2D eigenvalue weighted by Gasteiger charge is -2.14. The van der Waals surface area contributed by atoms with Gasteiger partial charge in [0, 0.05) is 5.56 Å². The zero-order valence-electron chi connectivity index (χ0n) is 11.6. The topological polar surface area (TPSA) is 75.6 Å². The van der Waals surface area contributed by atoms with E-state index in [1.54, 1.807) is 24.3 Å². The molecule has 1 unspecified atom stereocenters. The molecule has 5 heteroatoms. The van der Waals surface area contributed by atoms with Gasteiger partial charge in [-0.1, -0.05) is 6.07 Å². The monoisotopic (exact) mass is 277 g/mol. The molecule has 1 aromatic rings. The molecule has 0 saturated heterocycles. The number of ether oxygens (including phenoxy) is 1. The van der Waals surface area contributed by atoms with Crippen LogP contribution in [-0.4, -0.2) is 29.1 Å². The van der Waals surface area contributed by atoms with Crippen molar-refractivity contribution in [2.45, 2.75) is 38.8 Å². The van der Waals surface area contributed by atoms with Gasteiger partial charge in [0.05, 0.1) is 6.10 Å². The molecular weight excluding hydrogens is 258 g/mol. The molecule has 0 heterocycles. The van der Waals surface area contributed by atoms with E-state index in [-0.39, 0.29) is 17.9 Å². The van der Waals surface area contributed by atoms with Gasteiger partial charge in [-0.25, -0.2) is 4.79 Å². The maximum atomic E-state index is 12.1. The van der Waals surface area contributed by atoms with Crippen molar-refractivity contribution >= 4 is 11.9 Å². The molecule has 0 aromatic heterocycles. The summed E-state index contributed by atoms with van der Waals surface area (Å²) in [6, 6.07) is 5.97. The number of nitrogens with one attached hydrogen (secondary N) is 1. The smallest absolute Gasteiger partial charge is 0.326 e. The van der Waals surface area contributed by atoms with Crippen molar-refractivity contribution in [1.82, 2.24) is 5.32 Å². The van der Waals surface area contributed by atoms with E-state index in [9.17, 15) is 9.59 Å². The largest absolute Gasteiger partial charge is 0.491 e. The van der Waals surface area contributed by atoms with Gasteiger partial charge in [-0.2, -0.15) is 0 Å². The van der Waals surface area contributed by atoms with Gasteiger partial charge in [-0.15, -0.1) is 0 Å². The quantitative estimate of drug-likeness (QED) is 0.834. The number of hydrogen-bond donors (Lipinski definition) is 2. The third-order valence-electron chi connectivity index (χ3n) is 3.11. The summed E-state index contributed by atoms with van der Waals surface area (Å²) in [7, 11) is 0. The van der Waals surface area contributed by atoms with Crippen LogP contribution in [0.3, 0.4) is 0 Å². The number of carbonyl (C=O) groups is 2. The van der Waals surface area contributed by atoms with Crippen LogP contribution in [0.4, 0.5) is 0 Å². The van der Waals surface area contributed by atoms with Gasteiger partial charge in [0.25, 0.3) is 5.91 Å². The molecule has 0 spiro atoms. The van der Waals surface area contributed by atoms with Crippen molar-refractivity contribution < 1.29 is 19.4 Å². The first kappa shape index (κ1) is 14.4. The van der Waals surface area contributed by atoms with Crippen LogP contribution in [-0.2, 0) is 4.79 Å². The number of carboxylic acid groups (broad SMARTS) is 1. The first-order chi connectivity index (χ1) is 9.47. The predicted octanol–water partition coefficient (Wildman–Crippen LogP) is 2.07. The van der Waals surface area contributed by atoms with Crippen LogP contribution in [0.25, 0.3) is 0 Å². The van der Waals surface area contributed by atoms with Gasteiger partial charge in [-0.3, -0.25) is 4.79 Å². The Morgan fingerprint density at radius 3 is 2.60 bits per heavy atom. The molecule has 1 aromatic carbocycles. The van der Waals surface area contributed by atoms with Crippen LogP contribution in [0.15, 0.2) is 24.3 Å². The number of benzene rings is 1. The molecular formula is C15H19NO4. The van der Waals surface area contributed by atoms with Crippen LogP contribution in [0.1, 0.15) is 37.0 Å². The Bertz CT molecular complexity index is 508. The summed E-state index contributed by atoms with van der Waals surface area (Å²) in [5, 5.41) is 11.7. The van der Waals surface area contributed by atoms with Crippen molar-refractivity contribution in [1.29, 1.82) is 0 Å². The second kappa shape index (κ2) is 5.94. The molecule has 0 bridgehead atoms. The molecule has 20 heavy (non-hydrogen) atoms. The fourth-order valence-electron chi connectivity index (χ4n) is 2.02. The van der Waals surface area contributed by atoms with Crippen LogP contribution >= 0.6 is 0 Å². The standard InChI is InChI=1S/C15H19NO4/c1-9(2)20-12-5-3-4-11(8-12)14(17)16-13(15(18)19)10-6-7-10/h3-5,8-10,13H,6-7H2,1-2H3,(H,16,17)(H,18,19). The van der Waals surface area contributed by atoms with Crippen molar-refractivity contribution in [2.24, 2.45) is 5.92 Å². The van der Waals surface area contributed by atoms with Gasteiger partial charge >= 0.3 is 5.97 Å². The van der Waals surface area contributed by atoms with Crippen LogP contribution in [0, 0.1) is 5.92 Å². The van der Waals surface area contributed by atoms with E-state index >= 15 is 0 Å². The lowest BCUT2D eigenvalue weighted by atomic mass is 10.1. The van der Waals surface area contributed by atoms with E-state index < -0.39 is 12.0 Å². The first-order valence-corrected chi connectivity index (χ1v) is 6.77. The molecule has 2 rings (SSSR count). The van der Waals surface area contributed by atoms with Gasteiger partial charge in [0.1, 0.15) is 11.8 Å². The van der Waals surface area contributed by atoms with E-state index in [1.807, 2.05) is 13.8 Å². The summed E-state index contributed by atoms with van der Waals surface area (Å²) in [4.78, 5) is 23.2. The molecule has 1 aliphatic rings. The summed E-state index contributed by atoms with van der Waals surface area (Å²) in [5.74, 6) is -0.688. The molecule has 2 N–H and O–H groups in total. The molecule has 0 aliphatic heterocycles. The minimum Gasteiger partial charge on any atom is -0.491 e. The van der Waals surface area contributed by atoms with Gasteiger partial charge in [0.2, 0.25) is 0 Å². The van der Waals surface area contributed by atoms with E-state index in [1.165, 1.54) is 0 Å². The lowest BCUT2D eigenvalue weighted by Crippen LogP contribution is -2.42. The van der Waals surface area contributed by atoms with Gasteiger partial charge < -0.3 is 15.2 Å². The third-order valence-corrected chi connectivity index (χ3v) is 3.11. The highest BCUT2D eigenvalue weighted by molar-refractivity contribution is 5.97. The maximum Gasteiger partial charge on any atom is 0.326 e. The average molecular weight is 277 g/mol. The number of amides is 1. The van der Waals surface area contributed by atoms with Crippen molar-refractivity contribution in [2.75, 3.05) is 0 Å². The average Bonchev–Trinajstić information content (AvgIpc) is 3.19. The van der Waals surface area contributed by atoms with Crippen molar-refractivity contribution in [3.05, 3.63) is 29.8 Å². The third kappa shape index (κ3) is 3.73. The molecule has 0 radical (unpaired) electrons. The number of carbonyl (C=O) groups excluding carboxylic acids is 1. The Balaban J connectivity index is 2.06. The van der Waals surface area contributed by atoms with E-state index in [4.69, 9.17) is 9.84 Å². The van der Waals surface area contributed by atoms with E-state index in [0.717, 1.165) is 12.8 Å². The SMILES string of the molecule is CC(C)Oc1cccc(C(=O)NC(C(=O)O)C2CC2)c1. The molecule has 1 saturated carbocycles. The highest BCUT2D eigenvalue weighted by Gasteiger charge is 2.37. The zero-order chi connectivity index (χ0) is 14.7. The normalized spacial score (nSPS) is 15.8. The Morgan fingerprint density at radius 1 is 1.35 bits per heavy atom. The number of aliphatic carboxylic acids is 1. The summed E-state index contributed by atoms with van der Waals surface area (Å²) < 4.78 is 5.52. The minimum atomic E-state index is -0.976. The molecule has 1 aliphatic carbocycles. The number of hydrogen-bond acceptors (Lipinski definition) is 3. The fourth-order valence-corrected chi connectivity index (χ4v) is 2.02. The Morgan fingerprint density at radius 2 is 2.05 bits per heavy atom. The Kier molecular flexibility index (Phi) is 4.27. The Hall–Kier alpha value is -2.04. The zero-order valence-corrected chi connectivity index (χ0v) is 11.6. The second-order valence-corrected chi connectivity index (χ2v) is 5.32. The summed E-state index contributed by atoms with van der Waals surface area (Å²) >= 11 is 0. The second-order valence-electron chi connectivity index (χ2n) is 5.32. The highest BCUT2D eigenvalue weighted by atomic mass is 16.5. The van der Waals surface area contributed by atoms with E-state index in [0.29, 0.717) is 11.3 Å². The summed E-state index contributed by atoms with van der Waals surface area (Å²) in [5.41, 5.74) is 0.412. The number of carboxylic acids is 1. The molecule has 108 valence electrons. The maximum absolute atomic E-state index is 12.1. The van der Waals surface area contributed by atoms with Crippen LogP contribution in [0.5, 0.6) is 5.75 Å². The highest BCUT2D eigenvalue weighted by Crippen LogP contribution is 2.32. The van der Waals surface area contributed by atoms with Crippen LogP contribution in [0.2, 0.25) is 0 Å². The minimum absolute atomic E-state index is 0.0199. The van der Waals surface area contributed by atoms with Gasteiger partial charge in [-0.05, 0) is 50.8 Å². The molecule has 1 amide bonds. The molecule has 1 fully saturated rings. The van der Waals surface area contributed by atoms with Crippen LogP contribution < -0.4 is 10.1 Å². The fraction of sp³-hybridized carbons (Fsp3) is 0.467. The first-order valence-electron chi connectivity index (χ1n) is 6.77. The van der Waals surface area contributed by atoms with E-state index in [2.05, 4.69) is 5.32 Å². The van der Waals surface area contributed by atoms with Crippen molar-refractivity contribution in [3.8, 4) is 5.75 Å². The molecule has 1 atom stereocenters. The number of rotatable bonds is 6. The summed E-state index contributed by atoms with van der Waals surface area (Å²) in [6.45, 7) is 3.81. The predicted molar refractivity (Wildman–Crippen MR) is 73.8 cm³/mol. The van der Waals surface area contributed by atoms with Gasteiger partial charge in [0.15, 0.2) is 0 Å². The molecule has 5 nitrogen and oxygen atoms in total. The van der Waals surface area contributed by atoms with Crippen molar-refractivity contribution in [3.63, 3.8) is 0 Å². The summed E-state index contributed by atoms with van der Waals surface area (Å²) in [6.07, 6.45) is 1.73. The lowest BCUT2D eigenvalue weighted by molar-refractivity contribution is -0.139.